The van der Waals surface area contributed by atoms with E-state index in [0.29, 0.717) is 6.04 Å². The maximum absolute atomic E-state index is 6.18. The predicted octanol–water partition coefficient (Wildman–Crippen LogP) is 1.32. The van der Waals surface area contributed by atoms with E-state index < -0.39 is 0 Å². The highest BCUT2D eigenvalue weighted by atomic mass is 15.4. The van der Waals surface area contributed by atoms with Crippen molar-refractivity contribution in [3.05, 3.63) is 5.69 Å². The molecule has 1 saturated heterocycles. The van der Waals surface area contributed by atoms with Crippen molar-refractivity contribution in [3.8, 4) is 0 Å². The average Bonchev–Trinajstić information content (AvgIpc) is 2.65. The molecular formula is C13H25N5. The number of likely N-dealkylation sites (tertiary alicyclic amines) is 1. The van der Waals surface area contributed by atoms with Crippen molar-refractivity contribution in [3.63, 3.8) is 0 Å². The van der Waals surface area contributed by atoms with Gasteiger partial charge in [0.2, 0.25) is 0 Å². The first-order valence-corrected chi connectivity index (χ1v) is 6.78. The standard InChI is InChI=1S/C13H25N5/c1-5-18-13(12(14)10(2)15-18)17(4)11-6-8-16(3)9-7-11/h11H,5-9,14H2,1-4H3. The number of aryl methyl sites for hydroxylation is 2. The third-order valence-corrected chi connectivity index (χ3v) is 4.02. The Morgan fingerprint density at radius 3 is 2.56 bits per heavy atom. The van der Waals surface area contributed by atoms with E-state index >= 15 is 0 Å². The predicted molar refractivity (Wildman–Crippen MR) is 76.0 cm³/mol. The summed E-state index contributed by atoms with van der Waals surface area (Å²) in [6.07, 6.45) is 2.39. The van der Waals surface area contributed by atoms with Crippen molar-refractivity contribution in [2.24, 2.45) is 0 Å². The van der Waals surface area contributed by atoms with Crippen molar-refractivity contribution in [1.82, 2.24) is 14.7 Å². The molecule has 0 unspecified atom stereocenters. The lowest BCUT2D eigenvalue weighted by molar-refractivity contribution is 0.252. The second-order valence-electron chi connectivity index (χ2n) is 5.28. The van der Waals surface area contributed by atoms with Gasteiger partial charge in [0.1, 0.15) is 0 Å². The molecule has 1 aromatic heterocycles. The van der Waals surface area contributed by atoms with Gasteiger partial charge in [0.25, 0.3) is 0 Å². The highest BCUT2D eigenvalue weighted by Gasteiger charge is 2.25. The molecule has 5 nitrogen and oxygen atoms in total. The van der Waals surface area contributed by atoms with Gasteiger partial charge in [-0.05, 0) is 46.8 Å². The SMILES string of the molecule is CCn1nc(C)c(N)c1N(C)C1CCN(C)CC1. The summed E-state index contributed by atoms with van der Waals surface area (Å²) in [7, 11) is 4.33. The number of rotatable bonds is 3. The van der Waals surface area contributed by atoms with E-state index in [4.69, 9.17) is 5.73 Å². The Hall–Kier alpha value is -1.23. The number of anilines is 2. The van der Waals surface area contributed by atoms with E-state index in [1.165, 1.54) is 12.8 Å². The van der Waals surface area contributed by atoms with Crippen LogP contribution in [0.15, 0.2) is 0 Å². The summed E-state index contributed by atoms with van der Waals surface area (Å²) in [4.78, 5) is 4.71. The van der Waals surface area contributed by atoms with E-state index in [-0.39, 0.29) is 0 Å². The average molecular weight is 251 g/mol. The first-order chi connectivity index (χ1) is 8.54. The van der Waals surface area contributed by atoms with Gasteiger partial charge in [0.05, 0.1) is 11.4 Å². The fraction of sp³-hybridized carbons (Fsp3) is 0.769. The number of hydrogen-bond donors (Lipinski definition) is 1. The first-order valence-electron chi connectivity index (χ1n) is 6.78. The van der Waals surface area contributed by atoms with Gasteiger partial charge in [0.15, 0.2) is 5.82 Å². The van der Waals surface area contributed by atoms with Gasteiger partial charge in [-0.2, -0.15) is 5.10 Å². The molecule has 0 radical (unpaired) electrons. The second kappa shape index (κ2) is 5.18. The largest absolute Gasteiger partial charge is 0.394 e. The van der Waals surface area contributed by atoms with Gasteiger partial charge in [-0.25, -0.2) is 4.68 Å². The highest BCUT2D eigenvalue weighted by Crippen LogP contribution is 2.29. The number of hydrogen-bond acceptors (Lipinski definition) is 4. The van der Waals surface area contributed by atoms with E-state index in [9.17, 15) is 0 Å². The smallest absolute Gasteiger partial charge is 0.150 e. The number of nitrogens with two attached hydrogens (primary N) is 1. The van der Waals surface area contributed by atoms with E-state index in [2.05, 4.69) is 35.9 Å². The van der Waals surface area contributed by atoms with Crippen LogP contribution in [0.3, 0.4) is 0 Å². The molecule has 5 heteroatoms. The van der Waals surface area contributed by atoms with Crippen LogP contribution in [0.5, 0.6) is 0 Å². The zero-order valence-corrected chi connectivity index (χ0v) is 12.0. The molecule has 0 aromatic carbocycles. The van der Waals surface area contributed by atoms with Crippen LogP contribution in [0.25, 0.3) is 0 Å². The van der Waals surface area contributed by atoms with Crippen molar-refractivity contribution < 1.29 is 0 Å². The molecule has 1 aromatic rings. The van der Waals surface area contributed by atoms with Crippen LogP contribution in [-0.2, 0) is 6.54 Å². The number of nitrogens with zero attached hydrogens (tertiary/aromatic N) is 4. The Morgan fingerprint density at radius 2 is 2.00 bits per heavy atom. The highest BCUT2D eigenvalue weighted by molar-refractivity contribution is 5.66. The molecule has 0 aliphatic carbocycles. The van der Waals surface area contributed by atoms with Crippen LogP contribution in [-0.4, -0.2) is 47.9 Å². The molecule has 2 heterocycles. The van der Waals surface area contributed by atoms with Crippen LogP contribution in [0.4, 0.5) is 11.5 Å². The minimum Gasteiger partial charge on any atom is -0.394 e. The van der Waals surface area contributed by atoms with Gasteiger partial charge in [0, 0.05) is 19.6 Å². The molecule has 2 rings (SSSR count). The van der Waals surface area contributed by atoms with Crippen LogP contribution in [0, 0.1) is 6.92 Å². The van der Waals surface area contributed by atoms with Gasteiger partial charge in [-0.1, -0.05) is 0 Å². The van der Waals surface area contributed by atoms with Crippen molar-refractivity contribution >= 4 is 11.5 Å². The van der Waals surface area contributed by atoms with Gasteiger partial charge in [-0.15, -0.1) is 0 Å². The van der Waals surface area contributed by atoms with Crippen LogP contribution in [0.2, 0.25) is 0 Å². The maximum Gasteiger partial charge on any atom is 0.150 e. The normalized spacial score (nSPS) is 18.2. The molecule has 1 aliphatic rings. The molecule has 1 fully saturated rings. The van der Waals surface area contributed by atoms with Crippen LogP contribution >= 0.6 is 0 Å². The molecule has 1 aliphatic heterocycles. The third-order valence-electron chi connectivity index (χ3n) is 4.02. The third kappa shape index (κ3) is 2.32. The van der Waals surface area contributed by atoms with Gasteiger partial charge in [-0.3, -0.25) is 0 Å². The fourth-order valence-electron chi connectivity index (χ4n) is 2.73. The zero-order valence-electron chi connectivity index (χ0n) is 12.0. The van der Waals surface area contributed by atoms with Gasteiger partial charge < -0.3 is 15.5 Å². The second-order valence-corrected chi connectivity index (χ2v) is 5.28. The van der Waals surface area contributed by atoms with Crippen molar-refractivity contribution in [1.29, 1.82) is 0 Å². The van der Waals surface area contributed by atoms with E-state index in [0.717, 1.165) is 36.8 Å². The molecule has 0 atom stereocenters. The Bertz CT molecular complexity index is 404. The Morgan fingerprint density at radius 1 is 1.39 bits per heavy atom. The topological polar surface area (TPSA) is 50.3 Å². The lowest BCUT2D eigenvalue weighted by Crippen LogP contribution is -2.42. The lowest BCUT2D eigenvalue weighted by Gasteiger charge is -2.36. The first kappa shape index (κ1) is 13.2. The monoisotopic (exact) mass is 251 g/mol. The Kier molecular flexibility index (Phi) is 3.80. The summed E-state index contributed by atoms with van der Waals surface area (Å²) >= 11 is 0. The van der Waals surface area contributed by atoms with E-state index in [1.807, 2.05) is 11.6 Å². The Labute approximate surface area is 110 Å². The minimum absolute atomic E-state index is 0.574. The quantitative estimate of drug-likeness (QED) is 0.880. The summed E-state index contributed by atoms with van der Waals surface area (Å²) in [5.41, 5.74) is 7.95. The summed E-state index contributed by atoms with van der Waals surface area (Å²) in [6, 6.07) is 0.574. The molecular weight excluding hydrogens is 226 g/mol. The molecule has 0 bridgehead atoms. The molecule has 0 saturated carbocycles. The molecule has 102 valence electrons. The van der Waals surface area contributed by atoms with Crippen molar-refractivity contribution in [2.75, 3.05) is 37.8 Å². The molecule has 2 N–H and O–H groups in total. The van der Waals surface area contributed by atoms with Crippen LogP contribution < -0.4 is 10.6 Å². The maximum atomic E-state index is 6.18. The lowest BCUT2D eigenvalue weighted by atomic mass is 10.0. The zero-order chi connectivity index (χ0) is 13.3. The summed E-state index contributed by atoms with van der Waals surface area (Å²) in [6.45, 7) is 7.28. The van der Waals surface area contributed by atoms with E-state index in [1.54, 1.807) is 0 Å². The van der Waals surface area contributed by atoms with Crippen LogP contribution in [0.1, 0.15) is 25.5 Å². The number of aromatic nitrogens is 2. The number of nitrogen functional groups attached to an aromatic ring is 1. The molecule has 0 spiro atoms. The molecule has 18 heavy (non-hydrogen) atoms. The summed E-state index contributed by atoms with van der Waals surface area (Å²) in [5, 5.41) is 4.50. The summed E-state index contributed by atoms with van der Waals surface area (Å²) < 4.78 is 2.02. The summed E-state index contributed by atoms with van der Waals surface area (Å²) in [5.74, 6) is 1.09. The Balaban J connectivity index is 2.20. The number of piperidine rings is 1. The minimum atomic E-state index is 0.574. The van der Waals surface area contributed by atoms with Crippen molar-refractivity contribution in [2.45, 2.75) is 39.3 Å². The molecule has 0 amide bonds. The van der Waals surface area contributed by atoms with Gasteiger partial charge >= 0.3 is 0 Å². The fourth-order valence-corrected chi connectivity index (χ4v) is 2.73.